The van der Waals surface area contributed by atoms with Crippen molar-refractivity contribution >= 4 is 31.3 Å². The van der Waals surface area contributed by atoms with Crippen molar-refractivity contribution in [2.24, 2.45) is 0 Å². The van der Waals surface area contributed by atoms with Gasteiger partial charge in [0.1, 0.15) is 10.7 Å². The van der Waals surface area contributed by atoms with Crippen molar-refractivity contribution in [2.45, 2.75) is 126 Å². The Bertz CT molecular complexity index is 1450. The normalized spacial score (nSPS) is 12.4. The first-order valence-electron chi connectivity index (χ1n) is 15.1. The Balaban J connectivity index is 1.54. The number of aromatic nitrogens is 2. The highest BCUT2D eigenvalue weighted by Gasteiger charge is 2.21. The minimum Gasteiger partial charge on any atom is -0.322 e. The van der Waals surface area contributed by atoms with Gasteiger partial charge in [-0.2, -0.15) is 16.8 Å². The summed E-state index contributed by atoms with van der Waals surface area (Å²) in [5.41, 5.74) is 1.28. The quantitative estimate of drug-likeness (QED) is 0.0985. The van der Waals surface area contributed by atoms with Crippen LogP contribution in [0.15, 0.2) is 52.3 Å². The van der Waals surface area contributed by atoms with Crippen molar-refractivity contribution in [3.63, 3.8) is 0 Å². The zero-order chi connectivity index (χ0) is 29.7. The largest absolute Gasteiger partial charge is 0.322 e. The lowest BCUT2D eigenvalue weighted by Crippen LogP contribution is -2.09. The van der Waals surface area contributed by atoms with Crippen LogP contribution in [0, 0.1) is 0 Å². The van der Waals surface area contributed by atoms with E-state index in [1.54, 1.807) is 22.8 Å². The Labute approximate surface area is 246 Å². The number of rotatable bonds is 20. The molecule has 0 bridgehead atoms. The summed E-state index contributed by atoms with van der Waals surface area (Å²) in [6, 6.07) is 10.5. The third kappa shape index (κ3) is 10.8. The van der Waals surface area contributed by atoms with E-state index in [1.165, 1.54) is 101 Å². The first-order valence-corrected chi connectivity index (χ1v) is 18.0. The van der Waals surface area contributed by atoms with Gasteiger partial charge in [-0.05, 0) is 36.2 Å². The van der Waals surface area contributed by atoms with Crippen LogP contribution in [0.4, 0.5) is 0 Å². The molecule has 3 aromatic rings. The van der Waals surface area contributed by atoms with E-state index in [9.17, 15) is 25.9 Å². The number of nitrogens with zero attached hydrogens (tertiary/aromatic N) is 2. The summed E-state index contributed by atoms with van der Waals surface area (Å²) in [5, 5.41) is 0. The zero-order valence-corrected chi connectivity index (χ0v) is 25.9. The van der Waals surface area contributed by atoms with E-state index in [0.717, 1.165) is 19.3 Å². The maximum Gasteiger partial charge on any atom is 0.296 e. The number of benzene rings is 2. The van der Waals surface area contributed by atoms with Gasteiger partial charge in [-0.1, -0.05) is 115 Å². The molecule has 2 N–H and O–H groups in total. The minimum atomic E-state index is -4.51. The first-order chi connectivity index (χ1) is 19.6. The van der Waals surface area contributed by atoms with Gasteiger partial charge >= 0.3 is 0 Å². The Kier molecular flexibility index (Phi) is 13.3. The Morgan fingerprint density at radius 1 is 0.683 bits per heavy atom. The van der Waals surface area contributed by atoms with Crippen molar-refractivity contribution in [3.8, 4) is 0 Å². The number of aryl methyl sites for hydroxylation is 1. The number of para-hydroxylation sites is 1. The van der Waals surface area contributed by atoms with Crippen molar-refractivity contribution in [1.82, 2.24) is 9.55 Å². The molecule has 0 atom stereocenters. The molecule has 1 aromatic heterocycles. The lowest BCUT2D eigenvalue weighted by atomic mass is 10.0. The van der Waals surface area contributed by atoms with Crippen LogP contribution < -0.4 is 0 Å². The molecular weight excluding hydrogens is 560 g/mol. The monoisotopic (exact) mass is 606 g/mol. The molecule has 228 valence electrons. The maximum atomic E-state index is 12.2. The SMILES string of the molecule is CCCCCCCCCCCCCCCCCc1nc2cccc(S(=O)(=O)O)c2n1Cc1cccc(S(=O)(=O)O)c1. The molecular formula is C31H46N2O6S2. The van der Waals surface area contributed by atoms with Crippen LogP contribution in [0.1, 0.15) is 115 Å². The van der Waals surface area contributed by atoms with Crippen molar-refractivity contribution in [1.29, 1.82) is 0 Å². The van der Waals surface area contributed by atoms with Crippen molar-refractivity contribution in [2.75, 3.05) is 0 Å². The average molecular weight is 607 g/mol. The standard InChI is InChI=1S/C31H46N2O6S2/c1-2-3-4-5-6-7-8-9-10-11-12-13-14-15-16-23-30-32-28-21-18-22-29(41(37,38)39)31(28)33(30)25-26-19-17-20-27(24-26)40(34,35)36/h17-22,24H,2-16,23,25H2,1H3,(H,34,35,36)(H,37,38,39). The second kappa shape index (κ2) is 16.4. The predicted octanol–water partition coefficient (Wildman–Crippen LogP) is 7.99. The van der Waals surface area contributed by atoms with Crippen LogP contribution in [0.3, 0.4) is 0 Å². The van der Waals surface area contributed by atoms with Crippen LogP contribution in [-0.2, 0) is 33.2 Å². The minimum absolute atomic E-state index is 0.139. The van der Waals surface area contributed by atoms with E-state index >= 15 is 0 Å². The molecule has 0 spiro atoms. The smallest absolute Gasteiger partial charge is 0.296 e. The van der Waals surface area contributed by atoms with Gasteiger partial charge in [0.25, 0.3) is 20.2 Å². The van der Waals surface area contributed by atoms with Crippen LogP contribution in [0.25, 0.3) is 11.0 Å². The van der Waals surface area contributed by atoms with Gasteiger partial charge in [0.15, 0.2) is 0 Å². The number of imidazole rings is 1. The molecule has 0 radical (unpaired) electrons. The second-order valence-electron chi connectivity index (χ2n) is 11.0. The summed E-state index contributed by atoms with van der Waals surface area (Å²) < 4.78 is 68.7. The van der Waals surface area contributed by atoms with Crippen LogP contribution >= 0.6 is 0 Å². The van der Waals surface area contributed by atoms with Gasteiger partial charge in [-0.15, -0.1) is 0 Å². The third-order valence-corrected chi connectivity index (χ3v) is 9.36. The average Bonchev–Trinajstić information content (AvgIpc) is 3.27. The van der Waals surface area contributed by atoms with Crippen LogP contribution in [0.5, 0.6) is 0 Å². The molecule has 10 heteroatoms. The Morgan fingerprint density at radius 2 is 1.22 bits per heavy atom. The van der Waals surface area contributed by atoms with E-state index in [-0.39, 0.29) is 21.9 Å². The van der Waals surface area contributed by atoms with Crippen molar-refractivity contribution < 1.29 is 25.9 Å². The lowest BCUT2D eigenvalue weighted by Gasteiger charge is -2.12. The van der Waals surface area contributed by atoms with Gasteiger partial charge < -0.3 is 4.57 Å². The van der Waals surface area contributed by atoms with Crippen LogP contribution in [-0.4, -0.2) is 35.5 Å². The molecule has 0 amide bonds. The van der Waals surface area contributed by atoms with E-state index in [2.05, 4.69) is 11.9 Å². The molecule has 2 aromatic carbocycles. The van der Waals surface area contributed by atoms with Gasteiger partial charge in [-0.25, -0.2) is 4.98 Å². The fourth-order valence-corrected chi connectivity index (χ4v) is 6.67. The fourth-order valence-electron chi connectivity index (χ4n) is 5.41. The molecule has 0 saturated carbocycles. The number of unbranched alkanes of at least 4 members (excludes halogenated alkanes) is 14. The summed E-state index contributed by atoms with van der Waals surface area (Å²) >= 11 is 0. The highest BCUT2D eigenvalue weighted by Crippen LogP contribution is 2.27. The number of hydrogen-bond acceptors (Lipinski definition) is 5. The highest BCUT2D eigenvalue weighted by atomic mass is 32.2. The van der Waals surface area contributed by atoms with E-state index in [4.69, 9.17) is 0 Å². The van der Waals surface area contributed by atoms with Gasteiger partial charge in [0.05, 0.1) is 15.9 Å². The summed E-state index contributed by atoms with van der Waals surface area (Å²) in [7, 11) is -8.90. The van der Waals surface area contributed by atoms with Gasteiger partial charge in [-0.3, -0.25) is 9.11 Å². The van der Waals surface area contributed by atoms with E-state index in [1.807, 2.05) is 0 Å². The Hall–Kier alpha value is -2.27. The summed E-state index contributed by atoms with van der Waals surface area (Å²) in [6.45, 7) is 2.39. The molecule has 0 fully saturated rings. The molecule has 0 saturated heterocycles. The maximum absolute atomic E-state index is 12.2. The first kappa shape index (κ1) is 33.2. The predicted molar refractivity (Wildman–Crippen MR) is 164 cm³/mol. The summed E-state index contributed by atoms with van der Waals surface area (Å²) in [5.74, 6) is 0.669. The van der Waals surface area contributed by atoms with E-state index < -0.39 is 20.2 Å². The zero-order valence-electron chi connectivity index (χ0n) is 24.3. The molecule has 0 aliphatic heterocycles. The molecule has 0 unspecified atom stereocenters. The fraction of sp³-hybridized carbons (Fsp3) is 0.581. The molecule has 8 nitrogen and oxygen atoms in total. The Morgan fingerprint density at radius 3 is 1.76 bits per heavy atom. The van der Waals surface area contributed by atoms with E-state index in [0.29, 0.717) is 23.3 Å². The topological polar surface area (TPSA) is 127 Å². The van der Waals surface area contributed by atoms with Gasteiger partial charge in [0, 0.05) is 13.0 Å². The molecule has 1 heterocycles. The molecule has 0 aliphatic carbocycles. The summed E-state index contributed by atoms with van der Waals surface area (Å²) in [6.07, 6.45) is 19.6. The second-order valence-corrected chi connectivity index (χ2v) is 13.8. The molecule has 3 rings (SSSR count). The van der Waals surface area contributed by atoms with Gasteiger partial charge in [0.2, 0.25) is 0 Å². The molecule has 0 aliphatic rings. The van der Waals surface area contributed by atoms with Crippen molar-refractivity contribution in [3.05, 3.63) is 53.9 Å². The lowest BCUT2D eigenvalue weighted by molar-refractivity contribution is 0.481. The molecule has 41 heavy (non-hydrogen) atoms. The number of fused-ring (bicyclic) bond motifs is 1. The summed E-state index contributed by atoms with van der Waals surface area (Å²) in [4.78, 5) is 4.20. The third-order valence-electron chi connectivity index (χ3n) is 7.63. The highest BCUT2D eigenvalue weighted by molar-refractivity contribution is 7.86. The van der Waals surface area contributed by atoms with Crippen LogP contribution in [0.2, 0.25) is 0 Å². The number of hydrogen-bond donors (Lipinski definition) is 2.